The average Bonchev–Trinajstić information content (AvgIpc) is 3.14. The van der Waals surface area contributed by atoms with E-state index in [1.54, 1.807) is 30.3 Å². The molecular weight excluding hydrogens is 756 g/mol. The van der Waals surface area contributed by atoms with Crippen molar-refractivity contribution >= 4 is 28.9 Å². The predicted octanol–water partition coefficient (Wildman–Crippen LogP) is 2.13. The second kappa shape index (κ2) is 17.9. The minimum atomic E-state index is -1.96. The quantitative estimate of drug-likeness (QED) is 0.0998. The van der Waals surface area contributed by atoms with Crippen molar-refractivity contribution in [2.45, 2.75) is 109 Å². The molecule has 10 atom stereocenters. The molecule has 18 heteroatoms. The third-order valence-electron chi connectivity index (χ3n) is 9.22. The second-order valence-corrected chi connectivity index (χ2v) is 13.8. The Balaban J connectivity index is 1.59. The van der Waals surface area contributed by atoms with Crippen LogP contribution < -0.4 is 14.9 Å². The first-order chi connectivity index (χ1) is 26.9. The van der Waals surface area contributed by atoms with Gasteiger partial charge in [0.05, 0.1) is 13.2 Å². The van der Waals surface area contributed by atoms with E-state index in [1.165, 1.54) is 14.0 Å². The monoisotopic (exact) mass is 802 g/mol. The van der Waals surface area contributed by atoms with Crippen molar-refractivity contribution in [2.24, 2.45) is 0 Å². The molecule has 2 aromatic carbocycles. The zero-order chi connectivity index (χ0) is 41.9. The van der Waals surface area contributed by atoms with Crippen LogP contribution in [0.15, 0.2) is 51.2 Å². The summed E-state index contributed by atoms with van der Waals surface area (Å²) in [5, 5.41) is 55.4. The molecular formula is C39H46O18. The van der Waals surface area contributed by atoms with Crippen LogP contribution in [0.2, 0.25) is 0 Å². The predicted molar refractivity (Wildman–Crippen MR) is 195 cm³/mol. The standard InChI is InChI=1S/C39H46O18/c1-16(2)8-13-23-24(43)14-25(44)27-28(45)36(33(55-34(23)27)21-9-11-22(49-7)12-10-21)56-39-31(48)37(32(17(3)51-39)52-19(5)41)57-38-30(47)29(46)35(53-20(6)42)26(54-38)15-50-18(4)40/h8-12,14,17,26,29-32,35,37-39,43-44,46-48H,13,15H2,1-7H3/t17?,26?,29-,30?,31+,32+,35-,37?,38+,39+/m1/s1. The lowest BCUT2D eigenvalue weighted by molar-refractivity contribution is -0.351. The topological polar surface area (TPSA) is 256 Å². The largest absolute Gasteiger partial charge is 0.507 e. The summed E-state index contributed by atoms with van der Waals surface area (Å²) in [5.41, 5.74) is 0.317. The van der Waals surface area contributed by atoms with Gasteiger partial charge in [-0.15, -0.1) is 0 Å². The first-order valence-corrected chi connectivity index (χ1v) is 17.9. The molecule has 3 aromatic rings. The summed E-state index contributed by atoms with van der Waals surface area (Å²) in [6.45, 7) is 7.83. The van der Waals surface area contributed by atoms with Gasteiger partial charge in [0, 0.05) is 38.0 Å². The van der Waals surface area contributed by atoms with Crippen molar-refractivity contribution in [1.82, 2.24) is 0 Å². The molecule has 3 heterocycles. The van der Waals surface area contributed by atoms with Crippen molar-refractivity contribution in [3.8, 4) is 34.3 Å². The van der Waals surface area contributed by atoms with Crippen molar-refractivity contribution in [3.63, 3.8) is 0 Å². The number of hydrogen-bond acceptors (Lipinski definition) is 18. The van der Waals surface area contributed by atoms with Crippen LogP contribution in [-0.2, 0) is 49.2 Å². The van der Waals surface area contributed by atoms with Gasteiger partial charge in [-0.1, -0.05) is 11.6 Å². The number of phenols is 2. The molecule has 1 aromatic heterocycles. The summed E-state index contributed by atoms with van der Waals surface area (Å²) in [5.74, 6) is -3.63. The van der Waals surface area contributed by atoms with E-state index < -0.39 is 103 Å². The fraction of sp³-hybridized carbons (Fsp3) is 0.487. The second-order valence-electron chi connectivity index (χ2n) is 13.8. The van der Waals surface area contributed by atoms with Gasteiger partial charge in [-0.2, -0.15) is 0 Å². The molecule has 310 valence electrons. The summed E-state index contributed by atoms with van der Waals surface area (Å²) in [7, 11) is 1.46. The number of carbonyl (C=O) groups is 3. The van der Waals surface area contributed by atoms with Gasteiger partial charge in [-0.25, -0.2) is 0 Å². The maximum Gasteiger partial charge on any atom is 0.303 e. The lowest BCUT2D eigenvalue weighted by Gasteiger charge is -2.46. The number of fused-ring (bicyclic) bond motifs is 1. The van der Waals surface area contributed by atoms with Crippen LogP contribution in [0, 0.1) is 0 Å². The highest BCUT2D eigenvalue weighted by Crippen LogP contribution is 2.41. The Morgan fingerprint density at radius 1 is 0.807 bits per heavy atom. The Morgan fingerprint density at radius 3 is 2.05 bits per heavy atom. The summed E-state index contributed by atoms with van der Waals surface area (Å²) in [6.07, 6.45) is -14.6. The van der Waals surface area contributed by atoms with E-state index in [0.717, 1.165) is 32.4 Å². The van der Waals surface area contributed by atoms with Gasteiger partial charge in [0.1, 0.15) is 65.3 Å². The lowest BCUT2D eigenvalue weighted by atomic mass is 9.96. The number of aromatic hydroxyl groups is 2. The van der Waals surface area contributed by atoms with E-state index in [1.807, 2.05) is 13.8 Å². The fourth-order valence-electron chi connectivity index (χ4n) is 6.47. The van der Waals surface area contributed by atoms with Crippen LogP contribution in [0.3, 0.4) is 0 Å². The summed E-state index contributed by atoms with van der Waals surface area (Å²) in [4.78, 5) is 50.1. The van der Waals surface area contributed by atoms with Gasteiger partial charge in [-0.05, 0) is 51.5 Å². The van der Waals surface area contributed by atoms with Crippen molar-refractivity contribution in [2.75, 3.05) is 13.7 Å². The molecule has 0 spiro atoms. The number of hydrogen-bond donors (Lipinski definition) is 5. The molecule has 4 unspecified atom stereocenters. The Labute approximate surface area is 326 Å². The van der Waals surface area contributed by atoms with Crippen molar-refractivity contribution in [1.29, 1.82) is 0 Å². The molecule has 57 heavy (non-hydrogen) atoms. The zero-order valence-corrected chi connectivity index (χ0v) is 32.2. The molecule has 0 saturated carbocycles. The van der Waals surface area contributed by atoms with E-state index in [9.17, 15) is 44.7 Å². The van der Waals surface area contributed by atoms with E-state index in [0.29, 0.717) is 5.75 Å². The fourth-order valence-corrected chi connectivity index (χ4v) is 6.47. The first-order valence-electron chi connectivity index (χ1n) is 17.9. The third-order valence-corrected chi connectivity index (χ3v) is 9.22. The van der Waals surface area contributed by atoms with Crippen LogP contribution in [0.25, 0.3) is 22.3 Å². The Bertz CT molecular complexity index is 2040. The van der Waals surface area contributed by atoms with Crippen LogP contribution in [0.4, 0.5) is 0 Å². The van der Waals surface area contributed by atoms with Crippen LogP contribution in [0.5, 0.6) is 23.0 Å². The van der Waals surface area contributed by atoms with Crippen LogP contribution in [0.1, 0.15) is 47.1 Å². The molecule has 0 aliphatic carbocycles. The average molecular weight is 803 g/mol. The molecule has 2 saturated heterocycles. The molecule has 18 nitrogen and oxygen atoms in total. The number of methoxy groups -OCH3 is 1. The SMILES string of the molecule is COc1ccc(-c2oc3c(CC=C(C)C)c(O)cc(O)c3c(=O)c2O[C@@H]2OC(C)[C@H](OC(C)=O)C(O[C@@H]3OC(COC(C)=O)[C@@H](OC(C)=O)[C@H](O)C3O)[C@@H]2O)cc1. The van der Waals surface area contributed by atoms with Gasteiger partial charge in [-0.3, -0.25) is 19.2 Å². The molecule has 2 fully saturated rings. The van der Waals surface area contributed by atoms with Gasteiger partial charge < -0.3 is 67.8 Å². The van der Waals surface area contributed by atoms with Crippen LogP contribution >= 0.6 is 0 Å². The summed E-state index contributed by atoms with van der Waals surface area (Å²) in [6, 6.07) is 7.27. The lowest BCUT2D eigenvalue weighted by Crippen LogP contribution is -2.65. The normalized spacial score (nSPS) is 27.3. The molecule has 2 aliphatic heterocycles. The number of aliphatic hydroxyl groups excluding tert-OH is 3. The molecule has 5 N–H and O–H groups in total. The molecule has 5 rings (SSSR count). The Kier molecular flexibility index (Phi) is 13.5. The highest BCUT2D eigenvalue weighted by Gasteiger charge is 2.53. The van der Waals surface area contributed by atoms with Crippen molar-refractivity contribution in [3.05, 3.63) is 57.8 Å². The van der Waals surface area contributed by atoms with Crippen LogP contribution in [-0.4, -0.2) is 119 Å². The molecule has 0 amide bonds. The number of carbonyl (C=O) groups excluding carboxylic acids is 3. The summed E-state index contributed by atoms with van der Waals surface area (Å²) < 4.78 is 51.1. The molecule has 2 aliphatic rings. The smallest absolute Gasteiger partial charge is 0.303 e. The highest BCUT2D eigenvalue weighted by molar-refractivity contribution is 5.91. The van der Waals surface area contributed by atoms with E-state index in [-0.39, 0.29) is 40.0 Å². The number of aliphatic hydroxyl groups is 3. The molecule has 0 radical (unpaired) electrons. The number of phenolic OH excluding ortho intramolecular Hbond substituents is 2. The minimum absolute atomic E-state index is 0.127. The Morgan fingerprint density at radius 2 is 1.46 bits per heavy atom. The Hall–Kier alpha value is -5.24. The van der Waals surface area contributed by atoms with Gasteiger partial charge in [0.2, 0.25) is 17.5 Å². The van der Waals surface area contributed by atoms with E-state index in [2.05, 4.69) is 0 Å². The number of rotatable bonds is 12. The van der Waals surface area contributed by atoms with Gasteiger partial charge in [0.25, 0.3) is 0 Å². The number of benzene rings is 2. The van der Waals surface area contributed by atoms with Crippen molar-refractivity contribution < 1.29 is 82.2 Å². The third kappa shape index (κ3) is 9.49. The zero-order valence-electron chi connectivity index (χ0n) is 32.2. The van der Waals surface area contributed by atoms with E-state index >= 15 is 0 Å². The number of ether oxygens (including phenoxy) is 8. The maximum atomic E-state index is 14.4. The minimum Gasteiger partial charge on any atom is -0.507 e. The highest BCUT2D eigenvalue weighted by atomic mass is 16.7. The van der Waals surface area contributed by atoms with E-state index in [4.69, 9.17) is 42.3 Å². The molecule has 0 bridgehead atoms. The number of allylic oxidation sites excluding steroid dienone is 2. The first kappa shape index (κ1) is 42.9. The van der Waals surface area contributed by atoms with Gasteiger partial charge in [0.15, 0.2) is 24.3 Å². The van der Waals surface area contributed by atoms with Gasteiger partial charge >= 0.3 is 17.9 Å². The summed E-state index contributed by atoms with van der Waals surface area (Å²) >= 11 is 0. The maximum absolute atomic E-state index is 14.4. The number of esters is 3.